The summed E-state index contributed by atoms with van der Waals surface area (Å²) in [6.45, 7) is 1.63. The van der Waals surface area contributed by atoms with E-state index in [-0.39, 0.29) is 28.8 Å². The van der Waals surface area contributed by atoms with Gasteiger partial charge in [-0.15, -0.1) is 0 Å². The number of piperidine rings is 1. The Morgan fingerprint density at radius 2 is 1.85 bits per heavy atom. The molecule has 0 atom stereocenters. The lowest BCUT2D eigenvalue weighted by Gasteiger charge is -2.32. The van der Waals surface area contributed by atoms with E-state index in [1.54, 1.807) is 12.3 Å². The van der Waals surface area contributed by atoms with Gasteiger partial charge in [0, 0.05) is 53.6 Å². The summed E-state index contributed by atoms with van der Waals surface area (Å²) >= 11 is 0. The number of carboxylic acids is 1. The SMILES string of the molecule is O=C(O)c1cc2ccc(N3CCC(/C=C/c4c(-c5cccnc5C(F)(F)F)noc4C4CC4)CC3)cc2cn1. The number of anilines is 1. The van der Waals surface area contributed by atoms with E-state index < -0.39 is 17.8 Å². The molecule has 39 heavy (non-hydrogen) atoms. The molecule has 10 heteroatoms. The Morgan fingerprint density at radius 1 is 1.05 bits per heavy atom. The molecule has 1 saturated heterocycles. The smallest absolute Gasteiger partial charge is 0.434 e. The molecule has 1 aliphatic carbocycles. The van der Waals surface area contributed by atoms with Crippen LogP contribution < -0.4 is 4.90 Å². The maximum atomic E-state index is 13.7. The Hall–Kier alpha value is -4.21. The van der Waals surface area contributed by atoms with Gasteiger partial charge in [0.2, 0.25) is 0 Å². The Bertz CT molecular complexity index is 1570. The van der Waals surface area contributed by atoms with Crippen LogP contribution in [0.5, 0.6) is 0 Å². The molecule has 4 aromatic rings. The lowest BCUT2D eigenvalue weighted by atomic mass is 9.94. The van der Waals surface area contributed by atoms with Gasteiger partial charge in [0.05, 0.1) is 0 Å². The topological polar surface area (TPSA) is 92.3 Å². The molecule has 1 aliphatic heterocycles. The second-order valence-corrected chi connectivity index (χ2v) is 10.1. The van der Waals surface area contributed by atoms with Crippen molar-refractivity contribution in [2.45, 2.75) is 37.8 Å². The molecule has 2 fully saturated rings. The Balaban J connectivity index is 1.20. The summed E-state index contributed by atoms with van der Waals surface area (Å²) in [6, 6.07) is 10.3. The Morgan fingerprint density at radius 3 is 2.56 bits per heavy atom. The molecular formula is C29H25F3N4O3. The van der Waals surface area contributed by atoms with Crippen molar-refractivity contribution in [2.75, 3.05) is 18.0 Å². The number of allylic oxidation sites excluding steroid dienone is 1. The normalized spacial score (nSPS) is 16.8. The molecule has 1 N–H and O–H groups in total. The van der Waals surface area contributed by atoms with E-state index in [0.717, 1.165) is 61.4 Å². The number of fused-ring (bicyclic) bond motifs is 1. The molecule has 0 unspecified atom stereocenters. The minimum Gasteiger partial charge on any atom is -0.477 e. The second-order valence-electron chi connectivity index (χ2n) is 10.1. The second kappa shape index (κ2) is 9.83. The van der Waals surface area contributed by atoms with Gasteiger partial charge in [0.25, 0.3) is 0 Å². The first-order chi connectivity index (χ1) is 18.8. The third kappa shape index (κ3) is 5.10. The molecule has 0 amide bonds. The molecule has 6 rings (SSSR count). The van der Waals surface area contributed by atoms with Gasteiger partial charge in [0.15, 0.2) is 5.69 Å². The number of carbonyl (C=O) groups is 1. The van der Waals surface area contributed by atoms with E-state index in [2.05, 4.69) is 26.1 Å². The molecule has 0 radical (unpaired) electrons. The maximum absolute atomic E-state index is 13.7. The average Bonchev–Trinajstić information content (AvgIpc) is 3.70. The van der Waals surface area contributed by atoms with Gasteiger partial charge in [-0.05, 0) is 67.3 Å². The number of carboxylic acid groups (broad SMARTS) is 1. The minimum atomic E-state index is -4.60. The summed E-state index contributed by atoms with van der Waals surface area (Å²) in [7, 11) is 0. The van der Waals surface area contributed by atoms with Crippen molar-refractivity contribution < 1.29 is 27.6 Å². The largest absolute Gasteiger partial charge is 0.477 e. The maximum Gasteiger partial charge on any atom is 0.434 e. The summed E-state index contributed by atoms with van der Waals surface area (Å²) in [5.74, 6) is 0.0337. The van der Waals surface area contributed by atoms with Crippen LogP contribution >= 0.6 is 0 Å². The van der Waals surface area contributed by atoms with Crippen molar-refractivity contribution in [3.8, 4) is 11.3 Å². The molecular weight excluding hydrogens is 509 g/mol. The molecule has 2 aliphatic rings. The minimum absolute atomic E-state index is 0.0156. The predicted molar refractivity (Wildman–Crippen MR) is 139 cm³/mol. The fourth-order valence-electron chi connectivity index (χ4n) is 5.15. The first-order valence-electron chi connectivity index (χ1n) is 12.9. The van der Waals surface area contributed by atoms with Gasteiger partial charge in [-0.25, -0.2) is 9.78 Å². The molecule has 200 valence electrons. The Labute approximate surface area is 222 Å². The van der Waals surface area contributed by atoms with Crippen LogP contribution in [0.25, 0.3) is 28.1 Å². The summed E-state index contributed by atoms with van der Waals surface area (Å²) < 4.78 is 46.6. The number of pyridine rings is 2. The van der Waals surface area contributed by atoms with E-state index in [1.807, 2.05) is 24.3 Å². The highest BCUT2D eigenvalue weighted by molar-refractivity contribution is 5.93. The average molecular weight is 535 g/mol. The number of aromatic carboxylic acids is 1. The number of benzene rings is 1. The molecule has 3 aromatic heterocycles. The number of aromatic nitrogens is 3. The fraction of sp³-hybridized carbons (Fsp3) is 0.310. The first-order valence-corrected chi connectivity index (χ1v) is 12.9. The number of halogens is 3. The van der Waals surface area contributed by atoms with E-state index in [1.165, 1.54) is 12.1 Å². The third-order valence-corrected chi connectivity index (χ3v) is 7.40. The van der Waals surface area contributed by atoms with E-state index in [0.29, 0.717) is 11.3 Å². The molecule has 1 saturated carbocycles. The monoisotopic (exact) mass is 534 g/mol. The third-order valence-electron chi connectivity index (χ3n) is 7.40. The fourth-order valence-corrected chi connectivity index (χ4v) is 5.15. The van der Waals surface area contributed by atoms with Crippen LogP contribution in [0.15, 0.2) is 59.4 Å². The number of nitrogens with zero attached hydrogens (tertiary/aromatic N) is 4. The predicted octanol–water partition coefficient (Wildman–Crippen LogP) is 6.81. The number of alkyl halides is 3. The zero-order valence-electron chi connectivity index (χ0n) is 20.9. The van der Waals surface area contributed by atoms with Crippen molar-refractivity contribution in [3.05, 3.63) is 77.6 Å². The highest BCUT2D eigenvalue weighted by Gasteiger charge is 2.38. The quantitative estimate of drug-likeness (QED) is 0.291. The van der Waals surface area contributed by atoms with Gasteiger partial charge in [0.1, 0.15) is 17.1 Å². The lowest BCUT2D eigenvalue weighted by molar-refractivity contribution is -0.140. The van der Waals surface area contributed by atoms with Gasteiger partial charge in [-0.3, -0.25) is 4.98 Å². The summed E-state index contributed by atoms with van der Waals surface area (Å²) in [6.07, 6.45) is 5.71. The zero-order chi connectivity index (χ0) is 27.1. The van der Waals surface area contributed by atoms with Crippen LogP contribution in [0.2, 0.25) is 0 Å². The van der Waals surface area contributed by atoms with Crippen molar-refractivity contribution in [1.82, 2.24) is 15.1 Å². The van der Waals surface area contributed by atoms with Crippen LogP contribution in [0.1, 0.15) is 59.1 Å². The molecule has 7 nitrogen and oxygen atoms in total. The van der Waals surface area contributed by atoms with Crippen LogP contribution in [0, 0.1) is 5.92 Å². The van der Waals surface area contributed by atoms with Gasteiger partial charge in [-0.1, -0.05) is 23.4 Å². The number of rotatable bonds is 6. The van der Waals surface area contributed by atoms with E-state index >= 15 is 0 Å². The van der Waals surface area contributed by atoms with Gasteiger partial charge < -0.3 is 14.5 Å². The summed E-state index contributed by atoms with van der Waals surface area (Å²) in [4.78, 5) is 21.1. The van der Waals surface area contributed by atoms with Crippen LogP contribution in [-0.4, -0.2) is 39.3 Å². The van der Waals surface area contributed by atoms with Gasteiger partial charge in [-0.2, -0.15) is 13.2 Å². The number of hydrogen-bond acceptors (Lipinski definition) is 6. The van der Waals surface area contributed by atoms with Crippen molar-refractivity contribution in [2.24, 2.45) is 5.92 Å². The molecule has 0 spiro atoms. The van der Waals surface area contributed by atoms with Crippen LogP contribution in [-0.2, 0) is 6.18 Å². The lowest BCUT2D eigenvalue weighted by Crippen LogP contribution is -2.33. The van der Waals surface area contributed by atoms with Crippen molar-refractivity contribution in [1.29, 1.82) is 0 Å². The summed E-state index contributed by atoms with van der Waals surface area (Å²) in [5.41, 5.74) is 0.818. The highest BCUT2D eigenvalue weighted by atomic mass is 19.4. The van der Waals surface area contributed by atoms with E-state index in [9.17, 15) is 18.0 Å². The van der Waals surface area contributed by atoms with Crippen LogP contribution in [0.4, 0.5) is 18.9 Å². The van der Waals surface area contributed by atoms with Crippen LogP contribution in [0.3, 0.4) is 0 Å². The zero-order valence-corrected chi connectivity index (χ0v) is 20.9. The molecule has 0 bridgehead atoms. The standard InChI is InChI=1S/C29H25F3N4O3/c30-29(31,32)27-23(2-1-11-33-27)25-22(26(39-35-25)18-4-5-18)8-3-17-9-12-36(13-10-17)21-7-6-19-15-24(28(37)38)34-16-20(19)14-21/h1-3,6-8,11,14-18H,4-5,9-10,12-13H2,(H,37,38)/b8-3+. The van der Waals surface area contributed by atoms with E-state index in [4.69, 9.17) is 9.63 Å². The van der Waals surface area contributed by atoms with Crippen molar-refractivity contribution in [3.63, 3.8) is 0 Å². The van der Waals surface area contributed by atoms with Crippen molar-refractivity contribution >= 4 is 28.5 Å². The molecule has 1 aromatic carbocycles. The number of hydrogen-bond donors (Lipinski definition) is 1. The first kappa shape index (κ1) is 25.1. The van der Waals surface area contributed by atoms with Gasteiger partial charge >= 0.3 is 12.1 Å². The summed E-state index contributed by atoms with van der Waals surface area (Å²) in [5, 5.41) is 14.9. The highest BCUT2D eigenvalue weighted by Crippen LogP contribution is 2.46. The Kier molecular flexibility index (Phi) is 6.32. The molecule has 4 heterocycles.